The Bertz CT molecular complexity index is 215. The number of carbonyl (C=O) groups is 2. The number of phosphoric acid groups is 1. The zero-order valence-corrected chi connectivity index (χ0v) is 8.85. The fourth-order valence-corrected chi connectivity index (χ4v) is 0.174. The number of carbonyl (C=O) groups excluding carboxylic acids is 2. The van der Waals surface area contributed by atoms with Gasteiger partial charge >= 0.3 is 19.9 Å². The molecule has 0 heterocycles. The van der Waals surface area contributed by atoms with Crippen LogP contribution in [-0.4, -0.2) is 33.3 Å². The molecule has 92 valence electrons. The molecule has 0 bridgehead atoms. The number of hydrogen-bond acceptors (Lipinski definition) is 3. The van der Waals surface area contributed by atoms with Crippen LogP contribution in [0.25, 0.3) is 0 Å². The van der Waals surface area contributed by atoms with Gasteiger partial charge in [0.15, 0.2) is 0 Å². The lowest BCUT2D eigenvalue weighted by molar-refractivity contribution is 0.249. The fourth-order valence-electron chi connectivity index (χ4n) is 0.174. The molecule has 0 atom stereocenters. The summed E-state index contributed by atoms with van der Waals surface area (Å²) >= 11 is 0. The SMILES string of the molecule is CCNC(N)=O.NC(N)=O.O=P(O)(O)O. The summed E-state index contributed by atoms with van der Waals surface area (Å²) in [5, 5.41) is 2.35. The van der Waals surface area contributed by atoms with Gasteiger partial charge in [0.2, 0.25) is 0 Å². The molecule has 0 unspecified atom stereocenters. The molecule has 0 aromatic carbocycles. The molecule has 0 aliphatic carbocycles. The highest BCUT2D eigenvalue weighted by molar-refractivity contribution is 7.45. The number of nitrogens with one attached hydrogen (secondary N) is 1. The Kier molecular flexibility index (Phi) is 13.8. The van der Waals surface area contributed by atoms with E-state index in [0.717, 1.165) is 0 Å². The maximum atomic E-state index is 9.71. The number of nitrogens with two attached hydrogens (primary N) is 3. The van der Waals surface area contributed by atoms with Gasteiger partial charge in [-0.25, -0.2) is 14.2 Å². The quantitative estimate of drug-likeness (QED) is 0.255. The highest BCUT2D eigenvalue weighted by atomic mass is 31.2. The van der Waals surface area contributed by atoms with Crippen molar-refractivity contribution in [3.05, 3.63) is 0 Å². The monoisotopic (exact) mass is 246 g/mol. The van der Waals surface area contributed by atoms with Crippen molar-refractivity contribution in [2.45, 2.75) is 6.92 Å². The molecule has 11 heteroatoms. The zero-order chi connectivity index (χ0) is 13.1. The molecule has 0 spiro atoms. The molecule has 0 rings (SSSR count). The van der Waals surface area contributed by atoms with Crippen molar-refractivity contribution < 1.29 is 28.8 Å². The van der Waals surface area contributed by atoms with E-state index in [-0.39, 0.29) is 0 Å². The minimum absolute atomic E-state index is 0.461. The van der Waals surface area contributed by atoms with Gasteiger partial charge in [-0.1, -0.05) is 0 Å². The Balaban J connectivity index is -0.000000147. The van der Waals surface area contributed by atoms with E-state index in [2.05, 4.69) is 22.5 Å². The maximum Gasteiger partial charge on any atom is 0.466 e. The number of urea groups is 2. The molecule has 0 saturated heterocycles. The summed E-state index contributed by atoms with van der Waals surface area (Å²) in [5.41, 5.74) is 13.2. The number of hydrogen-bond donors (Lipinski definition) is 7. The fraction of sp³-hybridized carbons (Fsp3) is 0.500. The van der Waals surface area contributed by atoms with Gasteiger partial charge in [0, 0.05) is 6.54 Å². The van der Waals surface area contributed by atoms with E-state index in [9.17, 15) is 4.79 Å². The van der Waals surface area contributed by atoms with Crippen molar-refractivity contribution in [2.75, 3.05) is 6.54 Å². The van der Waals surface area contributed by atoms with Crippen molar-refractivity contribution >= 4 is 19.9 Å². The number of amides is 4. The summed E-state index contributed by atoms with van der Waals surface area (Å²) in [6.45, 7) is 2.42. The van der Waals surface area contributed by atoms with Crippen LogP contribution in [-0.2, 0) is 4.57 Å². The molecule has 10 nitrogen and oxygen atoms in total. The van der Waals surface area contributed by atoms with Gasteiger partial charge in [0.05, 0.1) is 0 Å². The molecule has 0 radical (unpaired) electrons. The standard InChI is InChI=1S/C3H8N2O.CH4N2O.H3O4P/c1-2-5-3(4)6;2-1(3)4;1-5(2,3)4/h2H2,1H3,(H3,4,5,6);(H4,2,3,4);(H3,1,2,3,4). The highest BCUT2D eigenvalue weighted by Crippen LogP contribution is 2.25. The first-order chi connectivity index (χ1) is 6.50. The van der Waals surface area contributed by atoms with E-state index in [4.69, 9.17) is 24.0 Å². The first kappa shape index (κ1) is 19.3. The van der Waals surface area contributed by atoms with E-state index >= 15 is 0 Å². The predicted molar refractivity (Wildman–Crippen MR) is 51.3 cm³/mol. The minimum atomic E-state index is -4.64. The molecular formula is C4H15N4O6P. The zero-order valence-electron chi connectivity index (χ0n) is 7.95. The Morgan fingerprint density at radius 3 is 1.40 bits per heavy atom. The van der Waals surface area contributed by atoms with E-state index < -0.39 is 19.9 Å². The van der Waals surface area contributed by atoms with Crippen LogP contribution < -0.4 is 22.5 Å². The molecule has 0 aliphatic rings. The number of primary amides is 3. The molecule has 10 N–H and O–H groups in total. The average molecular weight is 246 g/mol. The van der Waals surface area contributed by atoms with Crippen molar-refractivity contribution in [3.63, 3.8) is 0 Å². The molecule has 0 saturated carbocycles. The van der Waals surface area contributed by atoms with E-state index in [1.807, 2.05) is 6.92 Å². The number of rotatable bonds is 1. The molecule has 0 aliphatic heterocycles. The molecule has 0 fully saturated rings. The second kappa shape index (κ2) is 10.7. The normalized spacial score (nSPS) is 8.53. The average Bonchev–Trinajstić information content (AvgIpc) is 1.79. The summed E-state index contributed by atoms with van der Waals surface area (Å²) in [7, 11) is -4.64. The Morgan fingerprint density at radius 2 is 1.40 bits per heavy atom. The van der Waals surface area contributed by atoms with Crippen LogP contribution in [0.3, 0.4) is 0 Å². The lowest BCUT2D eigenvalue weighted by Gasteiger charge is -1.88. The first-order valence-electron chi connectivity index (χ1n) is 3.37. The van der Waals surface area contributed by atoms with Crippen LogP contribution >= 0.6 is 7.82 Å². The van der Waals surface area contributed by atoms with Crippen LogP contribution in [0.5, 0.6) is 0 Å². The summed E-state index contributed by atoms with van der Waals surface area (Å²) in [5.74, 6) is 0. The van der Waals surface area contributed by atoms with Crippen LogP contribution in [0.15, 0.2) is 0 Å². The van der Waals surface area contributed by atoms with Crippen molar-refractivity contribution in [2.24, 2.45) is 17.2 Å². The van der Waals surface area contributed by atoms with Gasteiger partial charge in [-0.3, -0.25) is 0 Å². The van der Waals surface area contributed by atoms with Crippen molar-refractivity contribution in [1.82, 2.24) is 5.32 Å². The van der Waals surface area contributed by atoms with Gasteiger partial charge in [0.25, 0.3) is 0 Å². The largest absolute Gasteiger partial charge is 0.466 e. The van der Waals surface area contributed by atoms with E-state index in [1.54, 1.807) is 0 Å². The van der Waals surface area contributed by atoms with Crippen LogP contribution in [0.4, 0.5) is 9.59 Å². The topological polar surface area (TPSA) is 202 Å². The molecule has 4 amide bonds. The Hall–Kier alpha value is -1.35. The van der Waals surface area contributed by atoms with Gasteiger partial charge in [-0.2, -0.15) is 0 Å². The summed E-state index contributed by atoms with van der Waals surface area (Å²) in [4.78, 5) is 40.3. The van der Waals surface area contributed by atoms with Gasteiger partial charge in [0.1, 0.15) is 0 Å². The minimum Gasteiger partial charge on any atom is -0.352 e. The Labute approximate surface area is 85.7 Å². The van der Waals surface area contributed by atoms with Crippen LogP contribution in [0.2, 0.25) is 0 Å². The third kappa shape index (κ3) is 527. The summed E-state index contributed by atoms with van der Waals surface area (Å²) < 4.78 is 8.88. The van der Waals surface area contributed by atoms with Crippen LogP contribution in [0.1, 0.15) is 6.92 Å². The van der Waals surface area contributed by atoms with Crippen LogP contribution in [0, 0.1) is 0 Å². The summed E-state index contributed by atoms with van der Waals surface area (Å²) in [6.07, 6.45) is 0. The molecule has 15 heavy (non-hydrogen) atoms. The van der Waals surface area contributed by atoms with E-state index in [0.29, 0.717) is 6.54 Å². The lowest BCUT2D eigenvalue weighted by Crippen LogP contribution is -2.28. The Morgan fingerprint density at radius 1 is 1.20 bits per heavy atom. The second-order valence-corrected chi connectivity index (χ2v) is 2.84. The van der Waals surface area contributed by atoms with E-state index in [1.165, 1.54) is 0 Å². The lowest BCUT2D eigenvalue weighted by atomic mass is 10.7. The third-order valence-electron chi connectivity index (χ3n) is 0.351. The summed E-state index contributed by atoms with van der Waals surface area (Å²) in [6, 6.07) is -1.29. The van der Waals surface area contributed by atoms with Gasteiger partial charge in [-0.05, 0) is 6.92 Å². The smallest absolute Gasteiger partial charge is 0.352 e. The van der Waals surface area contributed by atoms with Gasteiger partial charge in [-0.15, -0.1) is 0 Å². The molecular weight excluding hydrogens is 231 g/mol. The maximum absolute atomic E-state index is 9.71. The predicted octanol–water partition coefficient (Wildman–Crippen LogP) is -2.23. The second-order valence-electron chi connectivity index (χ2n) is 1.81. The van der Waals surface area contributed by atoms with Gasteiger partial charge < -0.3 is 37.2 Å². The molecule has 0 aromatic heterocycles. The third-order valence-corrected chi connectivity index (χ3v) is 0.351. The van der Waals surface area contributed by atoms with Crippen molar-refractivity contribution in [3.8, 4) is 0 Å². The van der Waals surface area contributed by atoms with Crippen molar-refractivity contribution in [1.29, 1.82) is 0 Å². The highest BCUT2D eigenvalue weighted by Gasteiger charge is 2.00. The first-order valence-corrected chi connectivity index (χ1v) is 4.93. The molecule has 0 aromatic rings.